The van der Waals surface area contributed by atoms with Gasteiger partial charge < -0.3 is 4.74 Å². The van der Waals surface area contributed by atoms with Crippen LogP contribution in [0.2, 0.25) is 0 Å². The van der Waals surface area contributed by atoms with E-state index in [1.807, 2.05) is 0 Å². The number of esters is 1. The Morgan fingerprint density at radius 3 is 2.75 bits per heavy atom. The predicted molar refractivity (Wildman–Crippen MR) is 46.9 cm³/mol. The summed E-state index contributed by atoms with van der Waals surface area (Å²) in [6.07, 6.45) is 2.05. The minimum absolute atomic E-state index is 0.0324. The molecule has 0 aromatic heterocycles. The molecule has 0 radical (unpaired) electrons. The average Bonchev–Trinajstić information content (AvgIpc) is 2.02. The molecule has 2 unspecified atom stereocenters. The van der Waals surface area contributed by atoms with E-state index in [1.165, 1.54) is 7.11 Å². The van der Waals surface area contributed by atoms with Crippen LogP contribution in [0.3, 0.4) is 0 Å². The lowest BCUT2D eigenvalue weighted by atomic mass is 9.99. The van der Waals surface area contributed by atoms with E-state index in [2.05, 4.69) is 18.7 Å². The maximum absolute atomic E-state index is 11.2. The number of rotatable bonds is 3. The summed E-state index contributed by atoms with van der Waals surface area (Å²) in [6, 6.07) is 0.535. The van der Waals surface area contributed by atoms with Gasteiger partial charge in [-0.05, 0) is 19.8 Å². The Hall–Kier alpha value is -0.570. The fourth-order valence-corrected chi connectivity index (χ4v) is 1.56. The molecule has 1 aliphatic heterocycles. The highest BCUT2D eigenvalue weighted by molar-refractivity contribution is 5.76. The van der Waals surface area contributed by atoms with Crippen LogP contribution in [0, 0.1) is 0 Å². The second-order valence-electron chi connectivity index (χ2n) is 3.32. The minimum Gasteiger partial charge on any atom is -0.468 e. The molecule has 1 rings (SSSR count). The van der Waals surface area contributed by atoms with E-state index in [0.717, 1.165) is 19.4 Å². The fraction of sp³-hybridized carbons (Fsp3) is 0.889. The van der Waals surface area contributed by atoms with Gasteiger partial charge in [-0.2, -0.15) is 0 Å². The second-order valence-corrected chi connectivity index (χ2v) is 3.32. The third-order valence-corrected chi connectivity index (χ3v) is 2.69. The first kappa shape index (κ1) is 9.52. The number of likely N-dealkylation sites (tertiary alicyclic amines) is 1. The zero-order chi connectivity index (χ0) is 9.14. The predicted octanol–water partition coefficient (Wildman–Crippen LogP) is 1.03. The summed E-state index contributed by atoms with van der Waals surface area (Å²) >= 11 is 0. The van der Waals surface area contributed by atoms with Crippen molar-refractivity contribution in [3.8, 4) is 0 Å². The monoisotopic (exact) mass is 171 g/mol. The van der Waals surface area contributed by atoms with E-state index in [4.69, 9.17) is 4.74 Å². The number of carbonyl (C=O) groups is 1. The molecule has 3 heteroatoms. The quantitative estimate of drug-likeness (QED) is 0.594. The van der Waals surface area contributed by atoms with Gasteiger partial charge in [-0.25, -0.2) is 0 Å². The van der Waals surface area contributed by atoms with Gasteiger partial charge in [-0.3, -0.25) is 9.69 Å². The lowest BCUT2D eigenvalue weighted by Crippen LogP contribution is -2.56. The molecule has 1 saturated heterocycles. The van der Waals surface area contributed by atoms with E-state index < -0.39 is 0 Å². The van der Waals surface area contributed by atoms with Gasteiger partial charge >= 0.3 is 5.97 Å². The summed E-state index contributed by atoms with van der Waals surface area (Å²) in [4.78, 5) is 13.4. The third-order valence-electron chi connectivity index (χ3n) is 2.69. The van der Waals surface area contributed by atoms with Gasteiger partial charge in [-0.15, -0.1) is 0 Å². The molecule has 0 aromatic rings. The van der Waals surface area contributed by atoms with Crippen LogP contribution in [-0.2, 0) is 9.53 Å². The molecule has 1 aliphatic rings. The highest BCUT2D eigenvalue weighted by Crippen LogP contribution is 2.22. The Labute approximate surface area is 73.7 Å². The van der Waals surface area contributed by atoms with Crippen molar-refractivity contribution >= 4 is 5.97 Å². The van der Waals surface area contributed by atoms with Crippen molar-refractivity contribution in [1.29, 1.82) is 0 Å². The number of nitrogens with zero attached hydrogens (tertiary/aromatic N) is 1. The zero-order valence-corrected chi connectivity index (χ0v) is 8.04. The molecule has 0 bridgehead atoms. The molecule has 0 saturated carbocycles. The average molecular weight is 171 g/mol. The highest BCUT2D eigenvalue weighted by Gasteiger charge is 2.36. The maximum Gasteiger partial charge on any atom is 0.323 e. The summed E-state index contributed by atoms with van der Waals surface area (Å²) in [6.45, 7) is 5.32. The van der Waals surface area contributed by atoms with Crippen molar-refractivity contribution in [2.75, 3.05) is 13.7 Å². The minimum atomic E-state index is -0.0819. The lowest BCUT2D eigenvalue weighted by Gasteiger charge is -2.42. The largest absolute Gasteiger partial charge is 0.468 e. The molecular weight excluding hydrogens is 154 g/mol. The van der Waals surface area contributed by atoms with Crippen LogP contribution in [-0.4, -0.2) is 36.6 Å². The van der Waals surface area contributed by atoms with Crippen LogP contribution in [0.25, 0.3) is 0 Å². The van der Waals surface area contributed by atoms with Gasteiger partial charge in [0.1, 0.15) is 6.04 Å². The van der Waals surface area contributed by atoms with Crippen molar-refractivity contribution in [2.24, 2.45) is 0 Å². The number of hydrogen-bond acceptors (Lipinski definition) is 3. The maximum atomic E-state index is 11.2. The molecule has 0 N–H and O–H groups in total. The molecule has 1 heterocycles. The Kier molecular flexibility index (Phi) is 3.09. The summed E-state index contributed by atoms with van der Waals surface area (Å²) in [7, 11) is 1.45. The Morgan fingerprint density at radius 1 is 1.75 bits per heavy atom. The first-order valence-electron chi connectivity index (χ1n) is 4.54. The molecule has 0 spiro atoms. The van der Waals surface area contributed by atoms with Gasteiger partial charge in [-0.1, -0.05) is 6.92 Å². The van der Waals surface area contributed by atoms with E-state index in [0.29, 0.717) is 6.04 Å². The Balaban J connectivity index is 2.43. The standard InChI is InChI=1S/C9H17NO2/c1-4-7(2)10-6-5-8(10)9(11)12-3/h7-8H,4-6H2,1-3H3. The van der Waals surface area contributed by atoms with Crippen LogP contribution < -0.4 is 0 Å². The molecular formula is C9H17NO2. The van der Waals surface area contributed by atoms with Gasteiger partial charge in [0, 0.05) is 12.6 Å². The summed E-state index contributed by atoms with van der Waals surface area (Å²) in [5.41, 5.74) is 0. The molecule has 3 nitrogen and oxygen atoms in total. The molecule has 0 aliphatic carbocycles. The van der Waals surface area contributed by atoms with Crippen molar-refractivity contribution < 1.29 is 9.53 Å². The fourth-order valence-electron chi connectivity index (χ4n) is 1.56. The third kappa shape index (κ3) is 1.61. The summed E-state index contributed by atoms with van der Waals surface area (Å²) < 4.78 is 4.70. The van der Waals surface area contributed by atoms with E-state index in [-0.39, 0.29) is 12.0 Å². The number of ether oxygens (including phenoxy) is 1. The van der Waals surface area contributed by atoms with E-state index in [1.54, 1.807) is 0 Å². The van der Waals surface area contributed by atoms with Gasteiger partial charge in [0.05, 0.1) is 7.11 Å². The van der Waals surface area contributed by atoms with Crippen molar-refractivity contribution in [2.45, 2.75) is 38.8 Å². The van der Waals surface area contributed by atoms with Crippen molar-refractivity contribution in [3.63, 3.8) is 0 Å². The van der Waals surface area contributed by atoms with Gasteiger partial charge in [0.15, 0.2) is 0 Å². The molecule has 12 heavy (non-hydrogen) atoms. The van der Waals surface area contributed by atoms with Crippen LogP contribution >= 0.6 is 0 Å². The first-order chi connectivity index (χ1) is 5.70. The zero-order valence-electron chi connectivity index (χ0n) is 8.04. The molecule has 0 aromatic carbocycles. The molecule has 0 amide bonds. The van der Waals surface area contributed by atoms with Crippen molar-refractivity contribution in [3.05, 3.63) is 0 Å². The van der Waals surface area contributed by atoms with Crippen LogP contribution in [0.5, 0.6) is 0 Å². The Bertz CT molecular complexity index is 170. The van der Waals surface area contributed by atoms with Crippen LogP contribution in [0.15, 0.2) is 0 Å². The summed E-state index contributed by atoms with van der Waals surface area (Å²) in [5.74, 6) is -0.0819. The first-order valence-corrected chi connectivity index (χ1v) is 4.54. The normalized spacial score (nSPS) is 26.1. The number of carbonyl (C=O) groups excluding carboxylic acids is 1. The second kappa shape index (κ2) is 3.90. The SMILES string of the molecule is CCC(C)N1CCC1C(=O)OC. The van der Waals surface area contributed by atoms with E-state index in [9.17, 15) is 4.79 Å². The molecule has 2 atom stereocenters. The Morgan fingerprint density at radius 2 is 2.42 bits per heavy atom. The van der Waals surface area contributed by atoms with Crippen LogP contribution in [0.4, 0.5) is 0 Å². The lowest BCUT2D eigenvalue weighted by molar-refractivity contribution is -0.153. The topological polar surface area (TPSA) is 29.5 Å². The number of hydrogen-bond donors (Lipinski definition) is 0. The van der Waals surface area contributed by atoms with E-state index >= 15 is 0 Å². The molecule has 1 fully saturated rings. The smallest absolute Gasteiger partial charge is 0.323 e. The summed E-state index contributed by atoms with van der Waals surface area (Å²) in [5, 5.41) is 0. The van der Waals surface area contributed by atoms with Gasteiger partial charge in [0.2, 0.25) is 0 Å². The van der Waals surface area contributed by atoms with Crippen LogP contribution in [0.1, 0.15) is 26.7 Å². The van der Waals surface area contributed by atoms with Gasteiger partial charge in [0.25, 0.3) is 0 Å². The molecule has 70 valence electrons. The highest BCUT2D eigenvalue weighted by atomic mass is 16.5. The van der Waals surface area contributed by atoms with Crippen molar-refractivity contribution in [1.82, 2.24) is 4.90 Å². The number of methoxy groups -OCH3 is 1.